The number of piperidine rings is 1. The maximum Gasteiger partial charge on any atom is 0.573 e. The van der Waals surface area contributed by atoms with Crippen molar-refractivity contribution in [1.29, 1.82) is 0 Å². The van der Waals surface area contributed by atoms with E-state index in [0.717, 1.165) is 18.4 Å². The first-order valence-corrected chi connectivity index (χ1v) is 8.83. The van der Waals surface area contributed by atoms with Gasteiger partial charge in [0.2, 0.25) is 0 Å². The zero-order chi connectivity index (χ0) is 19.7. The first-order chi connectivity index (χ1) is 13.4. The quantitative estimate of drug-likeness (QED) is 0.685. The van der Waals surface area contributed by atoms with E-state index in [0.29, 0.717) is 24.4 Å². The fourth-order valence-corrected chi connectivity index (χ4v) is 3.52. The number of aromatic nitrogens is 3. The molecule has 1 amide bonds. The molecule has 0 bridgehead atoms. The van der Waals surface area contributed by atoms with Gasteiger partial charge in [-0.25, -0.2) is 4.98 Å². The number of benzene rings is 1. The van der Waals surface area contributed by atoms with E-state index in [-0.39, 0.29) is 17.6 Å². The lowest BCUT2D eigenvalue weighted by atomic mass is 9.89. The molecule has 0 N–H and O–H groups in total. The second-order valence-electron chi connectivity index (χ2n) is 6.63. The van der Waals surface area contributed by atoms with E-state index in [9.17, 15) is 18.0 Å². The molecule has 3 aromatic rings. The van der Waals surface area contributed by atoms with E-state index in [4.69, 9.17) is 0 Å². The van der Waals surface area contributed by atoms with Gasteiger partial charge in [-0.05, 0) is 36.5 Å². The van der Waals surface area contributed by atoms with Crippen molar-refractivity contribution in [2.24, 2.45) is 0 Å². The van der Waals surface area contributed by atoms with Crippen molar-refractivity contribution >= 4 is 11.6 Å². The molecule has 1 aliphatic rings. The first kappa shape index (κ1) is 18.3. The monoisotopic (exact) mass is 390 g/mol. The number of carbonyl (C=O) groups excluding carboxylic acids is 1. The zero-order valence-electron chi connectivity index (χ0n) is 14.8. The Balaban J connectivity index is 1.40. The third-order valence-electron chi connectivity index (χ3n) is 4.90. The number of carbonyl (C=O) groups is 1. The molecule has 2 aromatic heterocycles. The van der Waals surface area contributed by atoms with E-state index < -0.39 is 6.36 Å². The third kappa shape index (κ3) is 3.78. The van der Waals surface area contributed by atoms with Crippen molar-refractivity contribution in [3.8, 4) is 5.75 Å². The summed E-state index contributed by atoms with van der Waals surface area (Å²) in [6, 6.07) is 5.96. The molecule has 6 nitrogen and oxygen atoms in total. The molecule has 0 spiro atoms. The van der Waals surface area contributed by atoms with E-state index >= 15 is 0 Å². The van der Waals surface area contributed by atoms with Crippen molar-refractivity contribution < 1.29 is 22.7 Å². The zero-order valence-corrected chi connectivity index (χ0v) is 14.8. The summed E-state index contributed by atoms with van der Waals surface area (Å²) < 4.78 is 42.4. The van der Waals surface area contributed by atoms with E-state index in [1.165, 1.54) is 12.1 Å². The number of imidazole rings is 1. The molecule has 0 atom stereocenters. The molecule has 9 heteroatoms. The van der Waals surface area contributed by atoms with E-state index in [1.807, 2.05) is 0 Å². The van der Waals surface area contributed by atoms with Gasteiger partial charge in [0, 0.05) is 25.5 Å². The number of nitrogens with zero attached hydrogens (tertiary/aromatic N) is 4. The van der Waals surface area contributed by atoms with Crippen LogP contribution in [0, 0.1) is 0 Å². The number of alkyl halides is 3. The summed E-state index contributed by atoms with van der Waals surface area (Å²) in [5, 5.41) is 0. The van der Waals surface area contributed by atoms with Gasteiger partial charge in [-0.3, -0.25) is 14.2 Å². The van der Waals surface area contributed by atoms with Crippen LogP contribution in [0.5, 0.6) is 5.75 Å². The summed E-state index contributed by atoms with van der Waals surface area (Å²) in [4.78, 5) is 22.8. The van der Waals surface area contributed by atoms with Gasteiger partial charge in [0.1, 0.15) is 11.4 Å². The molecule has 1 fully saturated rings. The number of likely N-dealkylation sites (tertiary alicyclic amines) is 1. The fraction of sp³-hybridized carbons (Fsp3) is 0.316. The SMILES string of the molecule is O=C(c1cnc2cnccn12)N1CCC(c2ccc(OC(F)(F)F)cc2)CC1. The highest BCUT2D eigenvalue weighted by atomic mass is 19.4. The van der Waals surface area contributed by atoms with Crippen molar-refractivity contribution in [2.75, 3.05) is 13.1 Å². The molecular formula is C19H17F3N4O2. The van der Waals surface area contributed by atoms with Crippen molar-refractivity contribution in [1.82, 2.24) is 19.3 Å². The minimum Gasteiger partial charge on any atom is -0.406 e. The van der Waals surface area contributed by atoms with Crippen LogP contribution in [-0.4, -0.2) is 44.6 Å². The summed E-state index contributed by atoms with van der Waals surface area (Å²) >= 11 is 0. The molecule has 0 aliphatic carbocycles. The van der Waals surface area contributed by atoms with Gasteiger partial charge >= 0.3 is 6.36 Å². The van der Waals surface area contributed by atoms with Crippen molar-refractivity contribution in [2.45, 2.75) is 25.1 Å². The summed E-state index contributed by atoms with van der Waals surface area (Å²) in [5.41, 5.74) is 2.05. The molecule has 0 unspecified atom stereocenters. The molecule has 28 heavy (non-hydrogen) atoms. The smallest absolute Gasteiger partial charge is 0.406 e. The summed E-state index contributed by atoms with van der Waals surface area (Å²) in [5.74, 6) is -0.132. The Morgan fingerprint density at radius 2 is 1.82 bits per heavy atom. The maximum atomic E-state index is 12.8. The van der Waals surface area contributed by atoms with Crippen molar-refractivity contribution in [3.63, 3.8) is 0 Å². The van der Waals surface area contributed by atoms with Gasteiger partial charge < -0.3 is 9.64 Å². The highest BCUT2D eigenvalue weighted by Crippen LogP contribution is 2.31. The highest BCUT2D eigenvalue weighted by molar-refractivity contribution is 5.93. The molecule has 1 aliphatic heterocycles. The number of amides is 1. The Kier molecular flexibility index (Phi) is 4.66. The van der Waals surface area contributed by atoms with Crippen LogP contribution in [0.1, 0.15) is 34.8 Å². The minimum atomic E-state index is -4.69. The Bertz CT molecular complexity index is 977. The summed E-state index contributed by atoms with van der Waals surface area (Å²) in [6.07, 6.45) is 3.23. The Labute approximate surface area is 158 Å². The third-order valence-corrected chi connectivity index (χ3v) is 4.90. The number of rotatable bonds is 3. The lowest BCUT2D eigenvalue weighted by molar-refractivity contribution is -0.274. The molecule has 0 radical (unpaired) electrons. The normalized spacial score (nSPS) is 15.8. The average molecular weight is 390 g/mol. The first-order valence-electron chi connectivity index (χ1n) is 8.83. The van der Waals surface area contributed by atoms with Crippen LogP contribution in [0.4, 0.5) is 13.2 Å². The number of fused-ring (bicyclic) bond motifs is 1. The van der Waals surface area contributed by atoms with Gasteiger partial charge in [-0.2, -0.15) is 0 Å². The van der Waals surface area contributed by atoms with Crippen molar-refractivity contribution in [3.05, 3.63) is 60.3 Å². The molecule has 1 aromatic carbocycles. The second kappa shape index (κ2) is 7.14. The summed E-state index contributed by atoms with van der Waals surface area (Å²) in [7, 11) is 0. The maximum absolute atomic E-state index is 12.8. The summed E-state index contributed by atoms with van der Waals surface area (Å²) in [6.45, 7) is 1.14. The standard InChI is InChI=1S/C19H17F3N4O2/c20-19(21,22)28-15-3-1-13(2-4-15)14-5-8-25(9-6-14)18(27)16-11-24-17-12-23-7-10-26(16)17/h1-4,7,10-12,14H,5-6,8-9H2. The van der Waals surface area contributed by atoms with E-state index in [2.05, 4.69) is 14.7 Å². The average Bonchev–Trinajstić information content (AvgIpc) is 3.11. The predicted octanol–water partition coefficient (Wildman–Crippen LogP) is 3.65. The van der Waals surface area contributed by atoms with Gasteiger partial charge in [0.15, 0.2) is 5.65 Å². The van der Waals surface area contributed by atoms with Gasteiger partial charge in [-0.1, -0.05) is 12.1 Å². The minimum absolute atomic E-state index is 0.0916. The lowest BCUT2D eigenvalue weighted by Gasteiger charge is -2.32. The number of ether oxygens (including phenoxy) is 1. The molecular weight excluding hydrogens is 373 g/mol. The molecule has 4 rings (SSSR count). The number of halogens is 3. The van der Waals surface area contributed by atoms with Crippen LogP contribution in [-0.2, 0) is 0 Å². The topological polar surface area (TPSA) is 59.7 Å². The molecule has 1 saturated heterocycles. The van der Waals surface area contributed by atoms with Crippen LogP contribution in [0.25, 0.3) is 5.65 Å². The second-order valence-corrected chi connectivity index (χ2v) is 6.63. The number of hydrogen-bond acceptors (Lipinski definition) is 4. The van der Waals surface area contributed by atoms with Gasteiger partial charge in [-0.15, -0.1) is 13.2 Å². The Hall–Kier alpha value is -3.10. The number of hydrogen-bond donors (Lipinski definition) is 0. The Morgan fingerprint density at radius 3 is 2.50 bits per heavy atom. The molecule has 0 saturated carbocycles. The van der Waals surface area contributed by atoms with Crippen LogP contribution in [0.3, 0.4) is 0 Å². The van der Waals surface area contributed by atoms with Crippen LogP contribution in [0.15, 0.2) is 49.1 Å². The van der Waals surface area contributed by atoms with Crippen LogP contribution in [0.2, 0.25) is 0 Å². The van der Waals surface area contributed by atoms with Crippen LogP contribution >= 0.6 is 0 Å². The molecule has 3 heterocycles. The fourth-order valence-electron chi connectivity index (χ4n) is 3.52. The van der Waals surface area contributed by atoms with Gasteiger partial charge in [0.05, 0.1) is 12.4 Å². The van der Waals surface area contributed by atoms with Crippen LogP contribution < -0.4 is 4.74 Å². The molecule has 146 valence electrons. The Morgan fingerprint density at radius 1 is 1.11 bits per heavy atom. The lowest BCUT2D eigenvalue weighted by Crippen LogP contribution is -2.38. The van der Waals surface area contributed by atoms with Gasteiger partial charge in [0.25, 0.3) is 5.91 Å². The largest absolute Gasteiger partial charge is 0.573 e. The predicted molar refractivity (Wildman–Crippen MR) is 94.0 cm³/mol. The van der Waals surface area contributed by atoms with E-state index in [1.54, 1.807) is 46.2 Å². The highest BCUT2D eigenvalue weighted by Gasteiger charge is 2.31.